The van der Waals surface area contributed by atoms with E-state index < -0.39 is 10.9 Å². The Balaban J connectivity index is 1.85. The smallest absolute Gasteiger partial charge is 0.270 e. The van der Waals surface area contributed by atoms with Crippen LogP contribution in [0.3, 0.4) is 0 Å². The van der Waals surface area contributed by atoms with Gasteiger partial charge in [-0.15, -0.1) is 0 Å². The van der Waals surface area contributed by atoms with Crippen molar-refractivity contribution >= 4 is 34.7 Å². The molecule has 2 heterocycles. The molecule has 150 valence electrons. The number of allylic oxidation sites excluding steroid dienone is 1. The van der Waals surface area contributed by atoms with Crippen LogP contribution >= 0.6 is 10.9 Å². The van der Waals surface area contributed by atoms with Crippen molar-refractivity contribution in [3.05, 3.63) is 66.2 Å². The zero-order valence-corrected chi connectivity index (χ0v) is 17.7. The van der Waals surface area contributed by atoms with E-state index in [0.29, 0.717) is 12.1 Å². The second kappa shape index (κ2) is 9.86. The standard InChI is InChI=1S/C22H26BFN4S/c1-4-18(2)19-7-8-20(22(24)14-19)16-28(21-6-5-11-26-15-21)29(3)27-12-9-23(17-25)10-13-27/h5-8,11,14-15H,2-4,9-10,12-13,16H2,1H3. The largest absolute Gasteiger partial charge is 0.304 e. The van der Waals surface area contributed by atoms with Crippen LogP contribution in [0.5, 0.6) is 0 Å². The highest BCUT2D eigenvalue weighted by Crippen LogP contribution is 2.34. The monoisotopic (exact) mass is 408 g/mol. The Bertz CT molecular complexity index is 920. The minimum Gasteiger partial charge on any atom is -0.304 e. The number of hydrogen-bond acceptors (Lipinski definition) is 4. The number of benzene rings is 1. The van der Waals surface area contributed by atoms with E-state index in [0.717, 1.165) is 49.0 Å². The molecule has 0 N–H and O–H groups in total. The topological polar surface area (TPSA) is 43.2 Å². The highest BCUT2D eigenvalue weighted by Gasteiger charge is 2.26. The van der Waals surface area contributed by atoms with Gasteiger partial charge in [0.15, 0.2) is 0 Å². The van der Waals surface area contributed by atoms with Crippen molar-refractivity contribution in [3.8, 4) is 5.97 Å². The lowest BCUT2D eigenvalue weighted by molar-refractivity contribution is 0.500. The van der Waals surface area contributed by atoms with Crippen molar-refractivity contribution in [2.45, 2.75) is 32.5 Å². The number of rotatable bonds is 7. The number of halogens is 1. The van der Waals surface area contributed by atoms with E-state index in [4.69, 9.17) is 5.26 Å². The molecule has 1 unspecified atom stereocenters. The summed E-state index contributed by atoms with van der Waals surface area (Å²) in [5.41, 5.74) is 3.30. The van der Waals surface area contributed by atoms with Crippen LogP contribution in [0.25, 0.3) is 5.57 Å². The van der Waals surface area contributed by atoms with Crippen LogP contribution in [0, 0.1) is 17.0 Å². The van der Waals surface area contributed by atoms with Crippen LogP contribution in [-0.2, 0) is 6.54 Å². The molecule has 2 aromatic rings. The van der Waals surface area contributed by atoms with Crippen LogP contribution in [0.4, 0.5) is 10.1 Å². The number of nitriles is 1. The molecule has 0 saturated carbocycles. The van der Waals surface area contributed by atoms with Gasteiger partial charge in [0.2, 0.25) is 0 Å². The molecule has 1 aromatic carbocycles. The molecule has 1 aliphatic rings. The van der Waals surface area contributed by atoms with Crippen LogP contribution < -0.4 is 4.31 Å². The van der Waals surface area contributed by atoms with E-state index in [-0.39, 0.29) is 12.5 Å². The first-order chi connectivity index (χ1) is 14.0. The van der Waals surface area contributed by atoms with Crippen molar-refractivity contribution in [2.24, 2.45) is 0 Å². The van der Waals surface area contributed by atoms with E-state index in [1.54, 1.807) is 18.5 Å². The predicted octanol–water partition coefficient (Wildman–Crippen LogP) is 5.05. The molecule has 29 heavy (non-hydrogen) atoms. The van der Waals surface area contributed by atoms with E-state index in [9.17, 15) is 4.39 Å². The molecule has 0 bridgehead atoms. The summed E-state index contributed by atoms with van der Waals surface area (Å²) in [5, 5.41) is 9.16. The molecule has 0 spiro atoms. The molecule has 0 amide bonds. The molecule has 3 rings (SSSR count). The maximum Gasteiger partial charge on any atom is 0.270 e. The summed E-state index contributed by atoms with van der Waals surface area (Å²) in [6.45, 7) is 8.18. The van der Waals surface area contributed by atoms with Crippen LogP contribution in [0.2, 0.25) is 12.6 Å². The first-order valence-electron chi connectivity index (χ1n) is 9.86. The molecular formula is C22H26BFN4S. The normalized spacial score (nSPS) is 15.6. The summed E-state index contributed by atoms with van der Waals surface area (Å²) in [6, 6.07) is 9.21. The highest BCUT2D eigenvalue weighted by molar-refractivity contribution is 8.13. The first kappa shape index (κ1) is 21.3. The third-order valence-electron chi connectivity index (χ3n) is 5.32. The fourth-order valence-corrected chi connectivity index (χ4v) is 4.93. The number of pyridine rings is 1. The molecule has 1 aliphatic heterocycles. The van der Waals surface area contributed by atoms with Crippen molar-refractivity contribution in [2.75, 3.05) is 17.4 Å². The molecule has 1 saturated heterocycles. The van der Waals surface area contributed by atoms with Gasteiger partial charge in [0.1, 0.15) is 5.82 Å². The van der Waals surface area contributed by atoms with Crippen molar-refractivity contribution in [3.63, 3.8) is 0 Å². The Morgan fingerprint density at radius 2 is 2.14 bits per heavy atom. The number of hydrogen-bond donors (Lipinski definition) is 0. The molecule has 7 heteroatoms. The lowest BCUT2D eigenvalue weighted by Crippen LogP contribution is -2.37. The Morgan fingerprint density at radius 3 is 2.72 bits per heavy atom. The van der Waals surface area contributed by atoms with E-state index in [1.807, 2.05) is 31.2 Å². The fourth-order valence-electron chi connectivity index (χ4n) is 3.38. The molecule has 1 aromatic heterocycles. The van der Waals surface area contributed by atoms with Gasteiger partial charge in [-0.25, -0.2) is 14.0 Å². The third-order valence-corrected chi connectivity index (χ3v) is 7.13. The second-order valence-electron chi connectivity index (χ2n) is 7.18. The lowest BCUT2D eigenvalue weighted by atomic mass is 9.45. The summed E-state index contributed by atoms with van der Waals surface area (Å²) in [6.07, 6.45) is 6.00. The Labute approximate surface area is 175 Å². The Morgan fingerprint density at radius 1 is 1.38 bits per heavy atom. The highest BCUT2D eigenvalue weighted by atomic mass is 32.2. The van der Waals surface area contributed by atoms with Gasteiger partial charge < -0.3 is 4.31 Å². The van der Waals surface area contributed by atoms with Gasteiger partial charge in [0.25, 0.3) is 6.71 Å². The maximum atomic E-state index is 14.9. The van der Waals surface area contributed by atoms with E-state index in [1.165, 1.54) is 0 Å². The van der Waals surface area contributed by atoms with Crippen molar-refractivity contribution in [1.29, 1.82) is 5.26 Å². The minimum atomic E-state index is -0.504. The second-order valence-corrected chi connectivity index (χ2v) is 8.82. The Hall–Kier alpha value is -2.43. The van der Waals surface area contributed by atoms with Gasteiger partial charge in [-0.3, -0.25) is 4.98 Å². The molecular weight excluding hydrogens is 382 g/mol. The lowest BCUT2D eigenvalue weighted by Gasteiger charge is -2.37. The van der Waals surface area contributed by atoms with Gasteiger partial charge in [0.05, 0.1) is 18.4 Å². The number of aromatic nitrogens is 1. The van der Waals surface area contributed by atoms with Crippen LogP contribution in [0.1, 0.15) is 24.5 Å². The third kappa shape index (κ3) is 5.14. The summed E-state index contributed by atoms with van der Waals surface area (Å²) >= 11 is 0. The summed E-state index contributed by atoms with van der Waals surface area (Å²) in [5.74, 6) is 6.54. The quantitative estimate of drug-likeness (QED) is 0.475. The van der Waals surface area contributed by atoms with Gasteiger partial charge in [-0.1, -0.05) is 25.6 Å². The van der Waals surface area contributed by atoms with E-state index in [2.05, 4.69) is 32.0 Å². The average Bonchev–Trinajstić information content (AvgIpc) is 2.78. The summed E-state index contributed by atoms with van der Waals surface area (Å²) in [4.78, 5) is 4.24. The first-order valence-corrected chi connectivity index (χ1v) is 11.2. The van der Waals surface area contributed by atoms with Crippen LogP contribution in [0.15, 0.2) is 49.3 Å². The zero-order chi connectivity index (χ0) is 20.8. The number of nitrogens with zero attached hydrogens (tertiary/aromatic N) is 4. The fraction of sp³-hybridized carbons (Fsp3) is 0.318. The van der Waals surface area contributed by atoms with Gasteiger partial charge in [0, 0.05) is 30.8 Å². The van der Waals surface area contributed by atoms with E-state index >= 15 is 0 Å². The summed E-state index contributed by atoms with van der Waals surface area (Å²) in [7, 11) is -0.504. The van der Waals surface area contributed by atoms with Gasteiger partial charge in [-0.05, 0) is 65.1 Å². The molecule has 1 fully saturated rings. The maximum absolute atomic E-state index is 14.9. The molecule has 1 atom stereocenters. The van der Waals surface area contributed by atoms with Crippen molar-refractivity contribution in [1.82, 2.24) is 9.29 Å². The minimum absolute atomic E-state index is 0.117. The van der Waals surface area contributed by atoms with Crippen molar-refractivity contribution < 1.29 is 4.39 Å². The summed E-state index contributed by atoms with van der Waals surface area (Å²) < 4.78 is 19.3. The molecule has 4 nitrogen and oxygen atoms in total. The van der Waals surface area contributed by atoms with Gasteiger partial charge in [-0.2, -0.15) is 0 Å². The van der Waals surface area contributed by atoms with Crippen LogP contribution in [-0.4, -0.2) is 35.0 Å². The van der Waals surface area contributed by atoms with Gasteiger partial charge >= 0.3 is 0 Å². The molecule has 0 radical (unpaired) electrons. The predicted molar refractivity (Wildman–Crippen MR) is 123 cm³/mol. The number of anilines is 1. The average molecular weight is 408 g/mol. The zero-order valence-electron chi connectivity index (χ0n) is 16.9. The molecule has 0 aliphatic carbocycles. The Kier molecular flexibility index (Phi) is 7.24. The SMILES string of the molecule is C=C(CC)c1ccc(CN(c2cccnc2)S(=C)N2CCB(C#N)CC2)c(F)c1.